The average molecular weight is 343 g/mol. The number of hydrogen-bond acceptors (Lipinski definition) is 3. The summed E-state index contributed by atoms with van der Waals surface area (Å²) in [4.78, 5) is 0. The molecular weight excluding hydrogens is 327 g/mol. The van der Waals surface area contributed by atoms with E-state index in [0.717, 1.165) is 6.42 Å². The van der Waals surface area contributed by atoms with Crippen molar-refractivity contribution in [2.45, 2.75) is 26.0 Å². The number of halogens is 2. The fourth-order valence-electron chi connectivity index (χ4n) is 2.07. The Morgan fingerprint density at radius 2 is 2.25 bits per heavy atom. The van der Waals surface area contributed by atoms with Crippen molar-refractivity contribution in [3.63, 3.8) is 0 Å². The molecule has 0 saturated heterocycles. The van der Waals surface area contributed by atoms with Gasteiger partial charge in [-0.3, -0.25) is 4.68 Å². The Morgan fingerprint density at radius 1 is 1.50 bits per heavy atom. The molecular formula is C14H16BrFN2O2. The highest BCUT2D eigenvalue weighted by molar-refractivity contribution is 9.10. The van der Waals surface area contributed by atoms with Crippen molar-refractivity contribution in [1.29, 1.82) is 0 Å². The first-order chi connectivity index (χ1) is 9.58. The SMILES string of the molecule is CCCn1ncc(OC)c1C(O)c1cc(F)ccc1Br. The van der Waals surface area contributed by atoms with Crippen LogP contribution in [0.5, 0.6) is 5.75 Å². The van der Waals surface area contributed by atoms with Crippen molar-refractivity contribution in [3.8, 4) is 5.75 Å². The highest BCUT2D eigenvalue weighted by atomic mass is 79.9. The maximum absolute atomic E-state index is 13.4. The third-order valence-corrected chi connectivity index (χ3v) is 3.73. The third kappa shape index (κ3) is 2.86. The van der Waals surface area contributed by atoms with E-state index >= 15 is 0 Å². The second-order valence-electron chi connectivity index (χ2n) is 4.39. The molecule has 1 heterocycles. The molecule has 1 aromatic carbocycles. The zero-order valence-corrected chi connectivity index (χ0v) is 12.9. The van der Waals surface area contributed by atoms with Crippen LogP contribution in [0.1, 0.15) is 30.7 Å². The molecule has 4 nitrogen and oxygen atoms in total. The Balaban J connectivity index is 2.48. The van der Waals surface area contributed by atoms with Gasteiger partial charge in [-0.05, 0) is 24.6 Å². The molecule has 6 heteroatoms. The minimum atomic E-state index is -1.01. The number of aliphatic hydroxyl groups is 1. The number of ether oxygens (including phenoxy) is 1. The van der Waals surface area contributed by atoms with Crippen LogP contribution in [0.4, 0.5) is 4.39 Å². The number of aryl methyl sites for hydroxylation is 1. The molecule has 0 saturated carbocycles. The van der Waals surface area contributed by atoms with Gasteiger partial charge in [-0.15, -0.1) is 0 Å². The topological polar surface area (TPSA) is 47.3 Å². The zero-order valence-electron chi connectivity index (χ0n) is 11.3. The first-order valence-corrected chi connectivity index (χ1v) is 7.10. The van der Waals surface area contributed by atoms with E-state index in [-0.39, 0.29) is 0 Å². The van der Waals surface area contributed by atoms with E-state index in [1.165, 1.54) is 19.2 Å². The van der Waals surface area contributed by atoms with Crippen molar-refractivity contribution in [3.05, 3.63) is 45.9 Å². The van der Waals surface area contributed by atoms with Gasteiger partial charge >= 0.3 is 0 Å². The molecule has 20 heavy (non-hydrogen) atoms. The number of methoxy groups -OCH3 is 1. The molecule has 0 spiro atoms. The summed E-state index contributed by atoms with van der Waals surface area (Å²) in [6.07, 6.45) is 1.42. The number of aliphatic hydroxyl groups excluding tert-OH is 1. The van der Waals surface area contributed by atoms with Gasteiger partial charge < -0.3 is 9.84 Å². The summed E-state index contributed by atoms with van der Waals surface area (Å²) in [5.41, 5.74) is 0.974. The number of benzene rings is 1. The summed E-state index contributed by atoms with van der Waals surface area (Å²) in [7, 11) is 1.52. The molecule has 1 aromatic heterocycles. The maximum Gasteiger partial charge on any atom is 0.163 e. The summed E-state index contributed by atoms with van der Waals surface area (Å²) >= 11 is 3.33. The largest absolute Gasteiger partial charge is 0.493 e. The van der Waals surface area contributed by atoms with E-state index in [4.69, 9.17) is 4.74 Å². The van der Waals surface area contributed by atoms with Crippen molar-refractivity contribution in [2.24, 2.45) is 0 Å². The number of rotatable bonds is 5. The van der Waals surface area contributed by atoms with Gasteiger partial charge in [0.25, 0.3) is 0 Å². The van der Waals surface area contributed by atoms with E-state index in [0.29, 0.717) is 28.0 Å². The maximum atomic E-state index is 13.4. The molecule has 0 bridgehead atoms. The molecule has 0 aliphatic carbocycles. The molecule has 0 aliphatic rings. The molecule has 2 rings (SSSR count). The van der Waals surface area contributed by atoms with Gasteiger partial charge in [-0.2, -0.15) is 5.10 Å². The Morgan fingerprint density at radius 3 is 2.90 bits per heavy atom. The van der Waals surface area contributed by atoms with E-state index in [1.807, 2.05) is 6.92 Å². The van der Waals surface area contributed by atoms with Gasteiger partial charge in [0.05, 0.1) is 13.3 Å². The lowest BCUT2D eigenvalue weighted by molar-refractivity contribution is 0.200. The van der Waals surface area contributed by atoms with E-state index in [2.05, 4.69) is 21.0 Å². The summed E-state index contributed by atoms with van der Waals surface area (Å²) in [5.74, 6) is 0.0879. The van der Waals surface area contributed by atoms with Crippen molar-refractivity contribution < 1.29 is 14.2 Å². The van der Waals surface area contributed by atoms with Crippen LogP contribution in [0.15, 0.2) is 28.9 Å². The average Bonchev–Trinajstić information content (AvgIpc) is 2.84. The van der Waals surface area contributed by atoms with Crippen LogP contribution in [-0.4, -0.2) is 22.0 Å². The Kier molecular flexibility index (Phi) is 4.77. The standard InChI is InChI=1S/C14H16BrFN2O2/c1-3-6-18-13(12(20-2)8-17-18)14(19)10-7-9(16)4-5-11(10)15/h4-5,7-8,14,19H,3,6H2,1-2H3. The quantitative estimate of drug-likeness (QED) is 0.906. The highest BCUT2D eigenvalue weighted by Crippen LogP contribution is 2.34. The molecule has 108 valence electrons. The van der Waals surface area contributed by atoms with Crippen LogP contribution in [0.3, 0.4) is 0 Å². The summed E-state index contributed by atoms with van der Waals surface area (Å²) < 4.78 is 20.9. The van der Waals surface area contributed by atoms with Gasteiger partial charge in [-0.25, -0.2) is 4.39 Å². The number of nitrogens with zero attached hydrogens (tertiary/aromatic N) is 2. The van der Waals surface area contributed by atoms with Crippen molar-refractivity contribution in [1.82, 2.24) is 9.78 Å². The molecule has 1 unspecified atom stereocenters. The minimum absolute atomic E-state index is 0.400. The first kappa shape index (κ1) is 15.0. The summed E-state index contributed by atoms with van der Waals surface area (Å²) in [6.45, 7) is 2.67. The zero-order chi connectivity index (χ0) is 14.7. The smallest absolute Gasteiger partial charge is 0.163 e. The summed E-state index contributed by atoms with van der Waals surface area (Å²) in [5, 5.41) is 14.8. The van der Waals surface area contributed by atoms with E-state index < -0.39 is 11.9 Å². The number of hydrogen-bond donors (Lipinski definition) is 1. The second kappa shape index (κ2) is 6.37. The van der Waals surface area contributed by atoms with Crippen LogP contribution in [0.2, 0.25) is 0 Å². The molecule has 1 N–H and O–H groups in total. The Bertz CT molecular complexity index is 601. The molecule has 0 fully saturated rings. The fourth-order valence-corrected chi connectivity index (χ4v) is 2.54. The predicted molar refractivity (Wildman–Crippen MR) is 77.2 cm³/mol. The van der Waals surface area contributed by atoms with E-state index in [1.54, 1.807) is 16.9 Å². The first-order valence-electron chi connectivity index (χ1n) is 6.31. The van der Waals surface area contributed by atoms with Gasteiger partial charge in [0.15, 0.2) is 5.75 Å². The number of aromatic nitrogens is 2. The molecule has 0 amide bonds. The van der Waals surface area contributed by atoms with Crippen molar-refractivity contribution >= 4 is 15.9 Å². The lowest BCUT2D eigenvalue weighted by Crippen LogP contribution is -2.12. The molecule has 2 aromatic rings. The molecule has 0 aliphatic heterocycles. The van der Waals surface area contributed by atoms with Crippen LogP contribution >= 0.6 is 15.9 Å². The fraction of sp³-hybridized carbons (Fsp3) is 0.357. The van der Waals surface area contributed by atoms with Crippen LogP contribution in [0.25, 0.3) is 0 Å². The van der Waals surface area contributed by atoms with Gasteiger partial charge in [-0.1, -0.05) is 22.9 Å². The van der Waals surface area contributed by atoms with E-state index in [9.17, 15) is 9.50 Å². The minimum Gasteiger partial charge on any atom is -0.493 e. The lowest BCUT2D eigenvalue weighted by atomic mass is 10.1. The summed E-state index contributed by atoms with van der Waals surface area (Å²) in [6, 6.07) is 4.21. The highest BCUT2D eigenvalue weighted by Gasteiger charge is 2.23. The van der Waals surface area contributed by atoms with Gasteiger partial charge in [0, 0.05) is 16.6 Å². The second-order valence-corrected chi connectivity index (χ2v) is 5.24. The Hall–Kier alpha value is -1.40. The van der Waals surface area contributed by atoms with Gasteiger partial charge in [0.2, 0.25) is 0 Å². The lowest BCUT2D eigenvalue weighted by Gasteiger charge is -2.16. The van der Waals surface area contributed by atoms with Crippen molar-refractivity contribution in [2.75, 3.05) is 7.11 Å². The van der Waals surface area contributed by atoms with Crippen LogP contribution < -0.4 is 4.74 Å². The Labute approximate surface area is 125 Å². The predicted octanol–water partition coefficient (Wildman–Crippen LogP) is 3.29. The molecule has 1 atom stereocenters. The monoisotopic (exact) mass is 342 g/mol. The third-order valence-electron chi connectivity index (χ3n) is 3.01. The van der Waals surface area contributed by atoms with Gasteiger partial charge in [0.1, 0.15) is 17.6 Å². The van der Waals surface area contributed by atoms with Crippen LogP contribution in [-0.2, 0) is 6.54 Å². The van der Waals surface area contributed by atoms with Crippen LogP contribution in [0, 0.1) is 5.82 Å². The normalized spacial score (nSPS) is 12.4. The molecule has 0 radical (unpaired) electrons.